The molecule has 7 heteroatoms. The Morgan fingerprint density at radius 2 is 1.50 bits per heavy atom. The summed E-state index contributed by atoms with van der Waals surface area (Å²) in [5, 5.41) is 13.0. The minimum Gasteiger partial charge on any atom is -0.416 e. The minimum atomic E-state index is -0.562. The lowest BCUT2D eigenvalue weighted by atomic mass is 9.97. The second kappa shape index (κ2) is 8.63. The topological polar surface area (TPSA) is 90.0 Å². The van der Waals surface area contributed by atoms with Crippen LogP contribution in [0.15, 0.2) is 106 Å². The summed E-state index contributed by atoms with van der Waals surface area (Å²) in [6.07, 6.45) is 0. The molecule has 0 atom stereocenters. The number of nitrogens with zero attached hydrogens (tertiary/aromatic N) is 3. The van der Waals surface area contributed by atoms with Gasteiger partial charge in [-0.1, -0.05) is 66.2 Å². The first kappa shape index (κ1) is 21.5. The Morgan fingerprint density at radius 3 is 2.28 bits per heavy atom. The number of aryl methyl sites for hydroxylation is 1. The summed E-state index contributed by atoms with van der Waals surface area (Å²) in [6, 6.07) is 29.7. The highest BCUT2D eigenvalue weighted by molar-refractivity contribution is 6.12. The van der Waals surface area contributed by atoms with Crippen LogP contribution < -0.4 is 10.9 Å². The van der Waals surface area contributed by atoms with Gasteiger partial charge in [0.25, 0.3) is 5.91 Å². The molecule has 0 saturated heterocycles. The van der Waals surface area contributed by atoms with Crippen molar-refractivity contribution in [3.63, 3.8) is 0 Å². The Balaban J connectivity index is 1.41. The van der Waals surface area contributed by atoms with Crippen molar-refractivity contribution in [3.05, 3.63) is 119 Å². The number of rotatable bonds is 4. The molecule has 0 radical (unpaired) electrons. The van der Waals surface area contributed by atoms with E-state index in [0.717, 1.165) is 16.8 Å². The summed E-state index contributed by atoms with van der Waals surface area (Å²) >= 11 is 0. The van der Waals surface area contributed by atoms with Crippen molar-refractivity contribution in [2.45, 2.75) is 6.92 Å². The molecule has 7 nitrogen and oxygen atoms in total. The van der Waals surface area contributed by atoms with E-state index in [9.17, 15) is 9.59 Å². The van der Waals surface area contributed by atoms with Gasteiger partial charge in [0.05, 0.1) is 11.1 Å². The molecule has 4 aromatic carbocycles. The second-order valence-corrected chi connectivity index (χ2v) is 8.49. The Hall–Kier alpha value is -5.04. The summed E-state index contributed by atoms with van der Waals surface area (Å²) < 4.78 is 5.59. The van der Waals surface area contributed by atoms with Crippen molar-refractivity contribution in [2.75, 3.05) is 5.32 Å². The first-order valence-electron chi connectivity index (χ1n) is 11.4. The number of hydrogen-bond donors (Lipinski definition) is 1. The van der Waals surface area contributed by atoms with Gasteiger partial charge >= 0.3 is 5.63 Å². The van der Waals surface area contributed by atoms with E-state index in [0.29, 0.717) is 33.1 Å². The number of para-hydroxylation sites is 1. The number of anilines is 1. The zero-order valence-corrected chi connectivity index (χ0v) is 19.3. The maximum Gasteiger partial charge on any atom is 0.344 e. The maximum absolute atomic E-state index is 13.4. The van der Waals surface area contributed by atoms with Crippen molar-refractivity contribution in [3.8, 4) is 16.8 Å². The maximum atomic E-state index is 13.4. The number of carbonyl (C=O) groups is 1. The van der Waals surface area contributed by atoms with Gasteiger partial charge in [0.2, 0.25) is 5.76 Å². The average molecular weight is 473 g/mol. The molecule has 0 fully saturated rings. The van der Waals surface area contributed by atoms with Gasteiger partial charge in [-0.05, 0) is 48.9 Å². The zero-order valence-electron chi connectivity index (χ0n) is 19.3. The number of fused-ring (bicyclic) bond motifs is 2. The molecule has 6 aromatic rings. The van der Waals surface area contributed by atoms with E-state index in [-0.39, 0.29) is 5.76 Å². The van der Waals surface area contributed by atoms with Crippen LogP contribution in [0.4, 0.5) is 5.69 Å². The lowest BCUT2D eigenvalue weighted by Crippen LogP contribution is -2.17. The van der Waals surface area contributed by atoms with E-state index in [1.807, 2.05) is 73.7 Å². The summed E-state index contributed by atoms with van der Waals surface area (Å²) in [6.45, 7) is 1.99. The number of hydrogen-bond acceptors (Lipinski definition) is 5. The Kier molecular flexibility index (Phi) is 5.15. The fourth-order valence-electron chi connectivity index (χ4n) is 4.22. The fourth-order valence-corrected chi connectivity index (χ4v) is 4.22. The molecule has 1 N–H and O–H groups in total. The van der Waals surface area contributed by atoms with Crippen molar-refractivity contribution < 1.29 is 9.21 Å². The lowest BCUT2D eigenvalue weighted by Gasteiger charge is -2.12. The first-order valence-corrected chi connectivity index (χ1v) is 11.4. The number of aromatic nitrogens is 3. The van der Waals surface area contributed by atoms with Crippen LogP contribution in [0.25, 0.3) is 38.6 Å². The van der Waals surface area contributed by atoms with Crippen LogP contribution in [-0.4, -0.2) is 20.9 Å². The summed E-state index contributed by atoms with van der Waals surface area (Å²) in [5.41, 5.74) is 4.53. The number of carbonyl (C=O) groups excluding carboxylic acids is 1. The van der Waals surface area contributed by atoms with Crippen LogP contribution in [-0.2, 0) is 0 Å². The number of benzene rings is 4. The summed E-state index contributed by atoms with van der Waals surface area (Å²) in [4.78, 5) is 27.7. The Labute approximate surface area is 205 Å². The number of nitrogens with one attached hydrogen (secondary N) is 1. The van der Waals surface area contributed by atoms with E-state index in [4.69, 9.17) is 4.42 Å². The third-order valence-corrected chi connectivity index (χ3v) is 6.01. The van der Waals surface area contributed by atoms with Gasteiger partial charge < -0.3 is 9.73 Å². The lowest BCUT2D eigenvalue weighted by molar-refractivity contribution is 0.0994. The zero-order chi connectivity index (χ0) is 24.6. The third-order valence-electron chi connectivity index (χ3n) is 6.01. The SMILES string of the molecule is Cc1ccc(-c2c(C(=O)Nc3ccc4nn(-c5ccccc5)nc4c3)oc(=O)c3ccccc23)cc1. The predicted octanol–water partition coefficient (Wildman–Crippen LogP) is 5.75. The van der Waals surface area contributed by atoms with E-state index in [2.05, 4.69) is 15.5 Å². The molecule has 0 aliphatic heterocycles. The summed E-state index contributed by atoms with van der Waals surface area (Å²) in [5.74, 6) is -0.571. The molecule has 0 bridgehead atoms. The molecule has 2 aromatic heterocycles. The van der Waals surface area contributed by atoms with E-state index in [1.54, 1.807) is 35.1 Å². The third kappa shape index (κ3) is 3.82. The molecule has 0 saturated carbocycles. The van der Waals surface area contributed by atoms with Gasteiger partial charge in [-0.15, -0.1) is 10.2 Å². The molecule has 174 valence electrons. The average Bonchev–Trinajstić information content (AvgIpc) is 3.33. The monoisotopic (exact) mass is 472 g/mol. The molecular weight excluding hydrogens is 452 g/mol. The highest BCUT2D eigenvalue weighted by atomic mass is 16.4. The van der Waals surface area contributed by atoms with Gasteiger partial charge in [-0.3, -0.25) is 4.79 Å². The molecule has 2 heterocycles. The first-order chi connectivity index (χ1) is 17.6. The molecule has 0 aliphatic carbocycles. The quantitative estimate of drug-likeness (QED) is 0.353. The minimum absolute atomic E-state index is 0.0458. The molecular formula is C29H20N4O3. The van der Waals surface area contributed by atoms with E-state index < -0.39 is 11.5 Å². The molecule has 6 rings (SSSR count). The van der Waals surface area contributed by atoms with Crippen LogP contribution in [0.1, 0.15) is 16.1 Å². The van der Waals surface area contributed by atoms with Gasteiger partial charge in [-0.2, -0.15) is 4.80 Å². The van der Waals surface area contributed by atoms with Crippen LogP contribution in [0.2, 0.25) is 0 Å². The second-order valence-electron chi connectivity index (χ2n) is 8.49. The fraction of sp³-hybridized carbons (Fsp3) is 0.0345. The van der Waals surface area contributed by atoms with Crippen LogP contribution in [0, 0.1) is 6.92 Å². The van der Waals surface area contributed by atoms with Gasteiger partial charge in [0.1, 0.15) is 11.0 Å². The van der Waals surface area contributed by atoms with Crippen LogP contribution in [0.3, 0.4) is 0 Å². The van der Waals surface area contributed by atoms with Crippen LogP contribution in [0.5, 0.6) is 0 Å². The Bertz CT molecular complexity index is 1800. The van der Waals surface area contributed by atoms with Gasteiger partial charge in [0, 0.05) is 16.6 Å². The van der Waals surface area contributed by atoms with E-state index in [1.165, 1.54) is 0 Å². The standard InChI is InChI=1S/C29H20N4O3/c1-18-11-13-19(14-12-18)26-22-9-5-6-10-23(22)29(35)36-27(26)28(34)30-20-15-16-24-25(17-20)32-33(31-24)21-7-3-2-4-8-21/h2-17H,1H3,(H,30,34). The smallest absolute Gasteiger partial charge is 0.344 e. The van der Waals surface area contributed by atoms with Crippen molar-refractivity contribution in [1.29, 1.82) is 0 Å². The van der Waals surface area contributed by atoms with Crippen molar-refractivity contribution in [2.24, 2.45) is 0 Å². The van der Waals surface area contributed by atoms with Gasteiger partial charge in [-0.25, -0.2) is 4.79 Å². The highest BCUT2D eigenvalue weighted by Crippen LogP contribution is 2.31. The summed E-state index contributed by atoms with van der Waals surface area (Å²) in [7, 11) is 0. The number of amides is 1. The molecule has 0 aliphatic rings. The normalized spacial score (nSPS) is 11.1. The van der Waals surface area contributed by atoms with E-state index >= 15 is 0 Å². The highest BCUT2D eigenvalue weighted by Gasteiger charge is 2.22. The largest absolute Gasteiger partial charge is 0.416 e. The van der Waals surface area contributed by atoms with Crippen molar-refractivity contribution >= 4 is 33.4 Å². The Morgan fingerprint density at radius 1 is 0.806 bits per heavy atom. The van der Waals surface area contributed by atoms with Crippen molar-refractivity contribution in [1.82, 2.24) is 15.0 Å². The van der Waals surface area contributed by atoms with Gasteiger partial charge in [0.15, 0.2) is 0 Å². The predicted molar refractivity (Wildman–Crippen MR) is 139 cm³/mol. The molecule has 0 spiro atoms. The molecule has 0 unspecified atom stereocenters. The molecule has 36 heavy (non-hydrogen) atoms. The van der Waals surface area contributed by atoms with Crippen LogP contribution >= 0.6 is 0 Å². The molecule has 1 amide bonds.